The van der Waals surface area contributed by atoms with Crippen LogP contribution < -0.4 is 19.6 Å². The molecule has 1 amide bonds. The number of carbonyl (C=O) groups excluding carboxylic acids is 2. The van der Waals surface area contributed by atoms with Gasteiger partial charge >= 0.3 is 5.97 Å². The topological polar surface area (TPSA) is 86.2 Å². The summed E-state index contributed by atoms with van der Waals surface area (Å²) in [4.78, 5) is 23.9. The molecule has 7 nitrogen and oxygen atoms in total. The van der Waals surface area contributed by atoms with Crippen LogP contribution in [-0.4, -0.2) is 31.8 Å². The number of hydrazone groups is 1. The lowest BCUT2D eigenvalue weighted by atomic mass is 10.2. The zero-order valence-corrected chi connectivity index (χ0v) is 16.3. The molecule has 0 aliphatic heterocycles. The number of methoxy groups -OCH3 is 1. The number of rotatable bonds is 8. The van der Waals surface area contributed by atoms with Crippen molar-refractivity contribution in [2.45, 2.75) is 0 Å². The maximum atomic E-state index is 12.2. The van der Waals surface area contributed by atoms with Crippen molar-refractivity contribution in [3.8, 4) is 17.2 Å². The fourth-order valence-electron chi connectivity index (χ4n) is 2.39. The van der Waals surface area contributed by atoms with E-state index in [2.05, 4.69) is 10.5 Å². The van der Waals surface area contributed by atoms with Gasteiger partial charge < -0.3 is 14.2 Å². The molecule has 0 spiro atoms. The van der Waals surface area contributed by atoms with E-state index in [0.29, 0.717) is 22.8 Å². The van der Waals surface area contributed by atoms with E-state index in [1.165, 1.54) is 6.21 Å². The van der Waals surface area contributed by atoms with Crippen LogP contribution in [0.1, 0.15) is 15.9 Å². The van der Waals surface area contributed by atoms with Crippen LogP contribution >= 0.6 is 0 Å². The summed E-state index contributed by atoms with van der Waals surface area (Å²) in [6.07, 6.45) is 1.48. The molecule has 3 rings (SSSR count). The summed E-state index contributed by atoms with van der Waals surface area (Å²) in [7, 11) is 1.56. The summed E-state index contributed by atoms with van der Waals surface area (Å²) in [6, 6.07) is 22.4. The number of nitrogens with zero attached hydrogens (tertiary/aromatic N) is 1. The van der Waals surface area contributed by atoms with Crippen molar-refractivity contribution in [2.24, 2.45) is 5.10 Å². The minimum atomic E-state index is -0.468. The summed E-state index contributed by atoms with van der Waals surface area (Å²) < 4.78 is 15.7. The van der Waals surface area contributed by atoms with Gasteiger partial charge in [-0.1, -0.05) is 18.2 Å². The van der Waals surface area contributed by atoms with Crippen molar-refractivity contribution in [1.82, 2.24) is 5.43 Å². The molecule has 0 saturated heterocycles. The normalized spacial score (nSPS) is 10.4. The lowest BCUT2D eigenvalue weighted by Gasteiger charge is -2.06. The molecule has 7 heteroatoms. The Hall–Kier alpha value is -4.13. The molecular weight excluding hydrogens is 384 g/mol. The van der Waals surface area contributed by atoms with Crippen LogP contribution in [0.4, 0.5) is 0 Å². The summed E-state index contributed by atoms with van der Waals surface area (Å²) in [5.74, 6) is 0.823. The number of esters is 1. The zero-order chi connectivity index (χ0) is 21.2. The van der Waals surface area contributed by atoms with Crippen LogP contribution in [0.3, 0.4) is 0 Å². The molecule has 0 fully saturated rings. The average Bonchev–Trinajstić information content (AvgIpc) is 2.79. The number of hydrogen-bond donors (Lipinski definition) is 1. The molecule has 0 heterocycles. The van der Waals surface area contributed by atoms with Gasteiger partial charge in [0.2, 0.25) is 0 Å². The third-order valence-electron chi connectivity index (χ3n) is 3.93. The summed E-state index contributed by atoms with van der Waals surface area (Å²) in [6.45, 7) is -0.137. The summed E-state index contributed by atoms with van der Waals surface area (Å²) in [5.41, 5.74) is 3.53. The summed E-state index contributed by atoms with van der Waals surface area (Å²) >= 11 is 0. The molecule has 0 aliphatic rings. The van der Waals surface area contributed by atoms with Crippen LogP contribution in [0.25, 0.3) is 0 Å². The number of nitrogens with one attached hydrogen (secondary N) is 1. The molecule has 30 heavy (non-hydrogen) atoms. The Balaban J connectivity index is 1.46. The van der Waals surface area contributed by atoms with E-state index < -0.39 is 5.97 Å². The molecule has 1 N–H and O–H groups in total. The Morgan fingerprint density at radius 1 is 0.867 bits per heavy atom. The van der Waals surface area contributed by atoms with Crippen LogP contribution in [0.15, 0.2) is 84.0 Å². The zero-order valence-electron chi connectivity index (χ0n) is 16.3. The third kappa shape index (κ3) is 6.20. The highest BCUT2D eigenvalue weighted by atomic mass is 16.5. The standard InChI is InChI=1S/C23H20N2O5/c1-28-19-13-9-18(10-14-19)23(27)30-21-11-7-17(8-12-21)15-24-25-22(26)16-29-20-5-3-2-4-6-20/h2-15H,16H2,1H3,(H,25,26)/b24-15-. The lowest BCUT2D eigenvalue weighted by Crippen LogP contribution is -2.24. The SMILES string of the molecule is COc1ccc(C(=O)Oc2ccc(/C=N\NC(=O)COc3ccccc3)cc2)cc1. The Labute approximate surface area is 173 Å². The minimum absolute atomic E-state index is 0.137. The highest BCUT2D eigenvalue weighted by Crippen LogP contribution is 2.16. The van der Waals surface area contributed by atoms with Gasteiger partial charge in [0.05, 0.1) is 18.9 Å². The number of para-hydroxylation sites is 1. The molecule has 0 radical (unpaired) electrons. The molecule has 0 aromatic heterocycles. The second-order valence-corrected chi connectivity index (χ2v) is 6.08. The predicted molar refractivity (Wildman–Crippen MR) is 112 cm³/mol. The maximum absolute atomic E-state index is 12.2. The number of hydrogen-bond acceptors (Lipinski definition) is 6. The van der Waals surface area contributed by atoms with Crippen molar-refractivity contribution in [1.29, 1.82) is 0 Å². The van der Waals surface area contributed by atoms with Gasteiger partial charge in [-0.15, -0.1) is 0 Å². The first kappa shape index (κ1) is 20.6. The molecular formula is C23H20N2O5. The first-order valence-electron chi connectivity index (χ1n) is 9.10. The highest BCUT2D eigenvalue weighted by molar-refractivity contribution is 5.91. The average molecular weight is 404 g/mol. The van der Waals surface area contributed by atoms with Crippen molar-refractivity contribution >= 4 is 18.1 Å². The number of ether oxygens (including phenoxy) is 3. The second-order valence-electron chi connectivity index (χ2n) is 6.08. The molecule has 3 aromatic carbocycles. The van der Waals surface area contributed by atoms with Gasteiger partial charge in [-0.2, -0.15) is 5.10 Å². The largest absolute Gasteiger partial charge is 0.497 e. The van der Waals surface area contributed by atoms with Gasteiger partial charge in [-0.05, 0) is 66.2 Å². The second kappa shape index (κ2) is 10.4. The van der Waals surface area contributed by atoms with E-state index in [1.807, 2.05) is 18.2 Å². The van der Waals surface area contributed by atoms with E-state index in [1.54, 1.807) is 67.8 Å². The Morgan fingerprint density at radius 2 is 1.53 bits per heavy atom. The Morgan fingerprint density at radius 3 is 2.20 bits per heavy atom. The van der Waals surface area contributed by atoms with Crippen LogP contribution in [-0.2, 0) is 4.79 Å². The number of benzene rings is 3. The molecule has 0 atom stereocenters. The minimum Gasteiger partial charge on any atom is -0.497 e. The van der Waals surface area contributed by atoms with Crippen molar-refractivity contribution in [2.75, 3.05) is 13.7 Å². The van der Waals surface area contributed by atoms with Gasteiger partial charge in [0.1, 0.15) is 17.2 Å². The van der Waals surface area contributed by atoms with Gasteiger partial charge in [0.15, 0.2) is 6.61 Å². The van der Waals surface area contributed by atoms with Crippen LogP contribution in [0.2, 0.25) is 0 Å². The molecule has 152 valence electrons. The monoisotopic (exact) mass is 404 g/mol. The van der Waals surface area contributed by atoms with Gasteiger partial charge in [0, 0.05) is 0 Å². The highest BCUT2D eigenvalue weighted by Gasteiger charge is 2.08. The fourth-order valence-corrected chi connectivity index (χ4v) is 2.39. The lowest BCUT2D eigenvalue weighted by molar-refractivity contribution is -0.123. The van der Waals surface area contributed by atoms with Crippen LogP contribution in [0.5, 0.6) is 17.2 Å². The molecule has 0 aliphatic carbocycles. The van der Waals surface area contributed by atoms with Gasteiger partial charge in [0.25, 0.3) is 5.91 Å². The Kier molecular flexibility index (Phi) is 7.16. The van der Waals surface area contributed by atoms with E-state index >= 15 is 0 Å². The van der Waals surface area contributed by atoms with Crippen LogP contribution in [0, 0.1) is 0 Å². The smallest absolute Gasteiger partial charge is 0.343 e. The molecule has 3 aromatic rings. The van der Waals surface area contributed by atoms with Crippen molar-refractivity contribution < 1.29 is 23.8 Å². The molecule has 0 unspecified atom stereocenters. The van der Waals surface area contributed by atoms with E-state index in [9.17, 15) is 9.59 Å². The first-order chi connectivity index (χ1) is 14.6. The van der Waals surface area contributed by atoms with Gasteiger partial charge in [-0.25, -0.2) is 10.2 Å². The van der Waals surface area contributed by atoms with Crippen molar-refractivity contribution in [3.05, 3.63) is 90.0 Å². The summed E-state index contributed by atoms with van der Waals surface area (Å²) in [5, 5.41) is 3.88. The maximum Gasteiger partial charge on any atom is 0.343 e. The number of amides is 1. The fraction of sp³-hybridized carbons (Fsp3) is 0.0870. The van der Waals surface area contributed by atoms with E-state index in [0.717, 1.165) is 5.56 Å². The van der Waals surface area contributed by atoms with Gasteiger partial charge in [-0.3, -0.25) is 4.79 Å². The Bertz CT molecular complexity index is 1000. The van der Waals surface area contributed by atoms with Crippen molar-refractivity contribution in [3.63, 3.8) is 0 Å². The predicted octanol–water partition coefficient (Wildman–Crippen LogP) is 3.44. The molecule has 0 bridgehead atoms. The van der Waals surface area contributed by atoms with E-state index in [-0.39, 0.29) is 12.5 Å². The molecule has 0 saturated carbocycles. The first-order valence-corrected chi connectivity index (χ1v) is 9.10. The van der Waals surface area contributed by atoms with E-state index in [4.69, 9.17) is 14.2 Å². The quantitative estimate of drug-likeness (QED) is 0.269. The third-order valence-corrected chi connectivity index (χ3v) is 3.93. The number of carbonyl (C=O) groups is 2.